The van der Waals surface area contributed by atoms with Crippen LogP contribution in [0.4, 0.5) is 0 Å². The van der Waals surface area contributed by atoms with Crippen LogP contribution in [0.15, 0.2) is 24.3 Å². The van der Waals surface area contributed by atoms with Gasteiger partial charge in [0.1, 0.15) is 11.3 Å². The van der Waals surface area contributed by atoms with Gasteiger partial charge in [0.05, 0.1) is 0 Å². The third-order valence-corrected chi connectivity index (χ3v) is 2.62. The number of hydrogen-bond donors (Lipinski definition) is 1. The second-order valence-electron chi connectivity index (χ2n) is 4.55. The topological polar surface area (TPSA) is 116 Å². The molecule has 0 aliphatic rings. The molecule has 1 aromatic rings. The maximum Gasteiger partial charge on any atom is 0.348 e. The maximum atomic E-state index is 12.0. The molecule has 0 saturated carbocycles. The molecule has 0 aromatic heterocycles. The van der Waals surface area contributed by atoms with Crippen LogP contribution in [0.3, 0.4) is 0 Å². The number of carboxylic acid groups (broad SMARTS) is 1. The van der Waals surface area contributed by atoms with Gasteiger partial charge in [0.15, 0.2) is 12.2 Å². The zero-order valence-corrected chi connectivity index (χ0v) is 12.8. The largest absolute Gasteiger partial charge is 0.479 e. The summed E-state index contributed by atoms with van der Waals surface area (Å²) in [5.41, 5.74) is -0.0476. The Hall–Kier alpha value is -2.90. The summed E-state index contributed by atoms with van der Waals surface area (Å²) < 4.78 is 14.4. The van der Waals surface area contributed by atoms with Crippen molar-refractivity contribution in [1.29, 1.82) is 0 Å². The van der Waals surface area contributed by atoms with Gasteiger partial charge in [-0.05, 0) is 26.0 Å². The fraction of sp³-hybridized carbons (Fsp3) is 0.333. The smallest absolute Gasteiger partial charge is 0.348 e. The summed E-state index contributed by atoms with van der Waals surface area (Å²) in [7, 11) is 0. The quantitative estimate of drug-likeness (QED) is 0.612. The minimum atomic E-state index is -1.36. The summed E-state index contributed by atoms with van der Waals surface area (Å²) in [6, 6.07) is 5.84. The number of aliphatic carboxylic acids is 1. The van der Waals surface area contributed by atoms with Crippen LogP contribution < -0.4 is 4.74 Å². The molecule has 0 saturated heterocycles. The number of carbonyl (C=O) groups is 4. The molecule has 0 spiro atoms. The first-order valence-electron chi connectivity index (χ1n) is 6.64. The molecule has 124 valence electrons. The summed E-state index contributed by atoms with van der Waals surface area (Å²) >= 11 is 0. The average Bonchev–Trinajstić information content (AvgIpc) is 2.46. The van der Waals surface area contributed by atoms with Gasteiger partial charge in [-0.1, -0.05) is 12.1 Å². The van der Waals surface area contributed by atoms with E-state index in [0.717, 1.165) is 0 Å². The van der Waals surface area contributed by atoms with Crippen molar-refractivity contribution in [3.8, 4) is 5.75 Å². The summed E-state index contributed by atoms with van der Waals surface area (Å²) in [4.78, 5) is 45.3. The molecular weight excluding hydrogens is 308 g/mol. The van der Waals surface area contributed by atoms with Gasteiger partial charge in [0, 0.05) is 6.92 Å². The summed E-state index contributed by atoms with van der Waals surface area (Å²) in [5.74, 6) is -3.86. The monoisotopic (exact) mass is 324 g/mol. The average molecular weight is 324 g/mol. The number of rotatable bonds is 6. The normalized spacial score (nSPS) is 12.7. The molecule has 8 heteroatoms. The van der Waals surface area contributed by atoms with E-state index in [4.69, 9.17) is 14.6 Å². The summed E-state index contributed by atoms with van der Waals surface area (Å²) in [5, 5.41) is 8.66. The first-order chi connectivity index (χ1) is 10.7. The summed E-state index contributed by atoms with van der Waals surface area (Å²) in [6.45, 7) is 3.59. The SMILES string of the molecule is CC(=O)Oc1ccccc1C(=O)OC(C)C(=O)OC(C)C(=O)O. The van der Waals surface area contributed by atoms with Crippen molar-refractivity contribution in [3.05, 3.63) is 29.8 Å². The van der Waals surface area contributed by atoms with Gasteiger partial charge in [-0.15, -0.1) is 0 Å². The van der Waals surface area contributed by atoms with Crippen LogP contribution in [0.5, 0.6) is 5.75 Å². The lowest BCUT2D eigenvalue weighted by Gasteiger charge is -2.15. The van der Waals surface area contributed by atoms with Crippen molar-refractivity contribution in [2.45, 2.75) is 33.0 Å². The van der Waals surface area contributed by atoms with Crippen molar-refractivity contribution in [1.82, 2.24) is 0 Å². The Balaban J connectivity index is 2.78. The number of benzene rings is 1. The number of esters is 3. The van der Waals surface area contributed by atoms with Crippen LogP contribution in [0, 0.1) is 0 Å². The predicted octanol–water partition coefficient (Wildman–Crippen LogP) is 1.17. The minimum Gasteiger partial charge on any atom is -0.479 e. The predicted molar refractivity (Wildman–Crippen MR) is 75.8 cm³/mol. The first-order valence-corrected chi connectivity index (χ1v) is 6.64. The van der Waals surface area contributed by atoms with E-state index in [-0.39, 0.29) is 11.3 Å². The number of carboxylic acids is 1. The molecule has 0 amide bonds. The number of carbonyl (C=O) groups excluding carboxylic acids is 3. The molecule has 1 rings (SSSR count). The van der Waals surface area contributed by atoms with Gasteiger partial charge >= 0.3 is 23.9 Å². The van der Waals surface area contributed by atoms with Crippen molar-refractivity contribution < 1.29 is 38.5 Å². The molecule has 0 aliphatic carbocycles. The van der Waals surface area contributed by atoms with E-state index in [1.165, 1.54) is 39.0 Å². The number of para-hydroxylation sites is 1. The standard InChI is InChI=1S/C15H16O8/c1-8(13(17)18)21-14(19)9(2)22-15(20)11-6-4-5-7-12(11)23-10(3)16/h4-9H,1-3H3,(H,17,18). The van der Waals surface area contributed by atoms with Gasteiger partial charge < -0.3 is 19.3 Å². The Bertz CT molecular complexity index is 622. The van der Waals surface area contributed by atoms with E-state index in [0.29, 0.717) is 0 Å². The highest BCUT2D eigenvalue weighted by molar-refractivity contribution is 5.95. The van der Waals surface area contributed by atoms with Crippen molar-refractivity contribution in [3.63, 3.8) is 0 Å². The lowest BCUT2D eigenvalue weighted by Crippen LogP contribution is -2.32. The first kappa shape index (κ1) is 18.1. The molecule has 0 radical (unpaired) electrons. The van der Waals surface area contributed by atoms with Crippen molar-refractivity contribution >= 4 is 23.9 Å². The second kappa shape index (κ2) is 7.92. The van der Waals surface area contributed by atoms with E-state index in [2.05, 4.69) is 4.74 Å². The van der Waals surface area contributed by atoms with Gasteiger partial charge in [-0.25, -0.2) is 14.4 Å². The Morgan fingerprint density at radius 3 is 2.17 bits per heavy atom. The Morgan fingerprint density at radius 1 is 1.00 bits per heavy atom. The fourth-order valence-corrected chi connectivity index (χ4v) is 1.47. The third-order valence-electron chi connectivity index (χ3n) is 2.62. The van der Waals surface area contributed by atoms with Gasteiger partial charge in [-0.2, -0.15) is 0 Å². The highest BCUT2D eigenvalue weighted by Gasteiger charge is 2.26. The lowest BCUT2D eigenvalue weighted by molar-refractivity contribution is -0.168. The van der Waals surface area contributed by atoms with Crippen LogP contribution in [0.1, 0.15) is 31.1 Å². The molecular formula is C15H16O8. The number of ether oxygens (including phenoxy) is 3. The molecule has 23 heavy (non-hydrogen) atoms. The van der Waals surface area contributed by atoms with Crippen LogP contribution >= 0.6 is 0 Å². The minimum absolute atomic E-state index is 0.00975. The molecule has 0 aliphatic heterocycles. The van der Waals surface area contributed by atoms with E-state index >= 15 is 0 Å². The van der Waals surface area contributed by atoms with Crippen molar-refractivity contribution in [2.24, 2.45) is 0 Å². The zero-order valence-electron chi connectivity index (χ0n) is 12.8. The van der Waals surface area contributed by atoms with Crippen LogP contribution in [0.25, 0.3) is 0 Å². The lowest BCUT2D eigenvalue weighted by atomic mass is 10.2. The molecule has 0 heterocycles. The maximum absolute atomic E-state index is 12.0. The Labute approximate surface area is 131 Å². The molecule has 0 bridgehead atoms. The Morgan fingerprint density at radius 2 is 1.61 bits per heavy atom. The van der Waals surface area contributed by atoms with Crippen molar-refractivity contribution in [2.75, 3.05) is 0 Å². The molecule has 2 atom stereocenters. The second-order valence-corrected chi connectivity index (χ2v) is 4.55. The molecule has 1 N–H and O–H groups in total. The highest BCUT2D eigenvalue weighted by atomic mass is 16.6. The van der Waals surface area contributed by atoms with Crippen LogP contribution in [0.2, 0.25) is 0 Å². The van der Waals surface area contributed by atoms with E-state index < -0.39 is 36.1 Å². The van der Waals surface area contributed by atoms with Crippen LogP contribution in [-0.2, 0) is 23.9 Å². The van der Waals surface area contributed by atoms with E-state index in [1.54, 1.807) is 6.07 Å². The van der Waals surface area contributed by atoms with Gasteiger partial charge in [0.2, 0.25) is 0 Å². The third kappa shape index (κ3) is 5.42. The van der Waals surface area contributed by atoms with E-state index in [1.807, 2.05) is 0 Å². The highest BCUT2D eigenvalue weighted by Crippen LogP contribution is 2.20. The Kier molecular flexibility index (Phi) is 6.25. The van der Waals surface area contributed by atoms with Gasteiger partial charge in [-0.3, -0.25) is 4.79 Å². The fourth-order valence-electron chi connectivity index (χ4n) is 1.47. The van der Waals surface area contributed by atoms with E-state index in [9.17, 15) is 19.2 Å². The molecule has 0 fully saturated rings. The number of hydrogen-bond acceptors (Lipinski definition) is 7. The molecule has 2 unspecified atom stereocenters. The summed E-state index contributed by atoms with van der Waals surface area (Å²) in [6.07, 6.45) is -2.69. The van der Waals surface area contributed by atoms with Crippen LogP contribution in [-0.4, -0.2) is 41.2 Å². The molecule has 8 nitrogen and oxygen atoms in total. The molecule has 1 aromatic carbocycles. The zero-order chi connectivity index (χ0) is 17.6. The van der Waals surface area contributed by atoms with Gasteiger partial charge in [0.25, 0.3) is 0 Å².